The first kappa shape index (κ1) is 16.2. The molecule has 6 heteroatoms. The molecule has 3 aromatic rings. The lowest BCUT2D eigenvalue weighted by molar-refractivity contribution is 0.0473. The summed E-state index contributed by atoms with van der Waals surface area (Å²) >= 11 is 0. The number of carbonyl (C=O) groups is 1. The number of fused-ring (bicyclic) bond motifs is 2. The summed E-state index contributed by atoms with van der Waals surface area (Å²) in [6, 6.07) is 9.95. The quantitative estimate of drug-likeness (QED) is 0.530. The molecule has 1 aliphatic rings. The first-order valence-electron chi connectivity index (χ1n) is 8.12. The number of hydrogen-bond donors (Lipinski definition) is 0. The molecule has 0 aliphatic carbocycles. The van der Waals surface area contributed by atoms with E-state index >= 15 is 0 Å². The van der Waals surface area contributed by atoms with Gasteiger partial charge in [-0.05, 0) is 55.3 Å². The number of ether oxygens (including phenoxy) is 3. The Hall–Kier alpha value is -3.28. The zero-order valence-corrected chi connectivity index (χ0v) is 14.3. The van der Waals surface area contributed by atoms with Gasteiger partial charge >= 0.3 is 11.6 Å². The molecule has 0 amide bonds. The van der Waals surface area contributed by atoms with Crippen molar-refractivity contribution < 1.29 is 23.4 Å². The van der Waals surface area contributed by atoms with E-state index < -0.39 is 11.6 Å². The molecule has 26 heavy (non-hydrogen) atoms. The summed E-state index contributed by atoms with van der Waals surface area (Å²) in [5, 5.41) is 0.756. The van der Waals surface area contributed by atoms with Gasteiger partial charge in [0.25, 0.3) is 0 Å². The summed E-state index contributed by atoms with van der Waals surface area (Å²) in [4.78, 5) is 24.1. The van der Waals surface area contributed by atoms with E-state index in [9.17, 15) is 9.59 Å². The molecule has 0 saturated carbocycles. The minimum Gasteiger partial charge on any atom is -0.457 e. The topological polar surface area (TPSA) is 75.0 Å². The second-order valence-electron chi connectivity index (χ2n) is 6.17. The van der Waals surface area contributed by atoms with Crippen LogP contribution in [0.25, 0.3) is 11.0 Å². The predicted octanol–water partition coefficient (Wildman–Crippen LogP) is 3.50. The molecule has 2 heterocycles. The molecule has 1 aromatic heterocycles. The summed E-state index contributed by atoms with van der Waals surface area (Å²) < 4.78 is 21.1. The second kappa shape index (κ2) is 6.22. The number of aryl methyl sites for hydroxylation is 2. The van der Waals surface area contributed by atoms with Gasteiger partial charge in [-0.1, -0.05) is 0 Å². The Kier molecular flexibility index (Phi) is 3.88. The van der Waals surface area contributed by atoms with E-state index in [1.54, 1.807) is 18.2 Å². The molecule has 2 aromatic carbocycles. The smallest absolute Gasteiger partial charge is 0.338 e. The summed E-state index contributed by atoms with van der Waals surface area (Å²) in [5.74, 6) is 0.601. The van der Waals surface area contributed by atoms with Crippen LogP contribution in [-0.4, -0.2) is 12.8 Å². The largest absolute Gasteiger partial charge is 0.457 e. The van der Waals surface area contributed by atoms with E-state index in [0.29, 0.717) is 28.2 Å². The molecule has 0 unspecified atom stereocenters. The van der Waals surface area contributed by atoms with Crippen LogP contribution in [0.4, 0.5) is 0 Å². The van der Waals surface area contributed by atoms with Crippen LogP contribution in [0.5, 0.6) is 11.5 Å². The Morgan fingerprint density at radius 3 is 2.65 bits per heavy atom. The van der Waals surface area contributed by atoms with Gasteiger partial charge in [-0.3, -0.25) is 0 Å². The van der Waals surface area contributed by atoms with Crippen LogP contribution in [-0.2, 0) is 11.3 Å². The predicted molar refractivity (Wildman–Crippen MR) is 93.6 cm³/mol. The van der Waals surface area contributed by atoms with Crippen LogP contribution >= 0.6 is 0 Å². The molecule has 0 N–H and O–H groups in total. The Morgan fingerprint density at radius 2 is 1.81 bits per heavy atom. The average Bonchev–Trinajstić information content (AvgIpc) is 3.08. The number of hydrogen-bond acceptors (Lipinski definition) is 6. The molecule has 0 fully saturated rings. The van der Waals surface area contributed by atoms with Crippen molar-refractivity contribution in [2.24, 2.45) is 0 Å². The molecule has 0 spiro atoms. The molecule has 0 radical (unpaired) electrons. The Labute approximate surface area is 148 Å². The van der Waals surface area contributed by atoms with Gasteiger partial charge in [-0.2, -0.15) is 0 Å². The van der Waals surface area contributed by atoms with Gasteiger partial charge in [0.2, 0.25) is 6.79 Å². The van der Waals surface area contributed by atoms with Crippen molar-refractivity contribution in [2.75, 3.05) is 6.79 Å². The van der Waals surface area contributed by atoms with Crippen LogP contribution in [0.15, 0.2) is 45.6 Å². The molecular weight excluding hydrogens is 336 g/mol. The van der Waals surface area contributed by atoms with Crippen LogP contribution in [0.1, 0.15) is 27.0 Å². The third-order valence-electron chi connectivity index (χ3n) is 4.41. The van der Waals surface area contributed by atoms with Crippen molar-refractivity contribution in [3.63, 3.8) is 0 Å². The van der Waals surface area contributed by atoms with Gasteiger partial charge in [-0.25, -0.2) is 9.59 Å². The van der Waals surface area contributed by atoms with Gasteiger partial charge in [0.05, 0.1) is 5.56 Å². The lowest BCUT2D eigenvalue weighted by atomic mass is 10.0. The molecule has 6 nitrogen and oxygen atoms in total. The minimum absolute atomic E-state index is 0.0299. The zero-order chi connectivity index (χ0) is 18.3. The number of esters is 1. The number of rotatable bonds is 3. The van der Waals surface area contributed by atoms with Crippen molar-refractivity contribution in [3.8, 4) is 11.5 Å². The fourth-order valence-corrected chi connectivity index (χ4v) is 2.85. The van der Waals surface area contributed by atoms with E-state index in [4.69, 9.17) is 18.6 Å². The first-order valence-corrected chi connectivity index (χ1v) is 8.12. The molecule has 132 valence electrons. The lowest BCUT2D eigenvalue weighted by Crippen LogP contribution is -2.08. The third-order valence-corrected chi connectivity index (χ3v) is 4.41. The first-order chi connectivity index (χ1) is 12.5. The molecule has 1 aliphatic heterocycles. The van der Waals surface area contributed by atoms with Gasteiger partial charge in [0.1, 0.15) is 12.2 Å². The Bertz CT molecular complexity index is 1080. The van der Waals surface area contributed by atoms with E-state index in [1.165, 1.54) is 6.07 Å². The minimum atomic E-state index is -0.506. The molecular formula is C20H16O6. The SMILES string of the molecule is Cc1cc2oc(=O)cc(COC(=O)c3ccc4c(c3)OCO4)c2cc1C. The lowest BCUT2D eigenvalue weighted by Gasteiger charge is -2.09. The standard InChI is InChI=1S/C20H16O6/c1-11-5-15-14(8-19(21)26-17(15)6-12(11)2)9-23-20(22)13-3-4-16-18(7-13)25-10-24-16/h3-8H,9-10H2,1-2H3. The maximum absolute atomic E-state index is 12.3. The van der Waals surface area contributed by atoms with E-state index in [1.807, 2.05) is 26.0 Å². The molecule has 0 atom stereocenters. The number of benzene rings is 2. The maximum atomic E-state index is 12.3. The van der Waals surface area contributed by atoms with Gasteiger partial charge in [-0.15, -0.1) is 0 Å². The zero-order valence-electron chi connectivity index (χ0n) is 14.3. The summed E-state index contributed by atoms with van der Waals surface area (Å²) in [5.41, 5.74) is 3.05. The van der Waals surface area contributed by atoms with E-state index in [0.717, 1.165) is 16.5 Å². The Balaban J connectivity index is 1.60. The van der Waals surface area contributed by atoms with Crippen LogP contribution < -0.4 is 15.1 Å². The molecule has 4 rings (SSSR count). The average molecular weight is 352 g/mol. The Morgan fingerprint density at radius 1 is 1.04 bits per heavy atom. The van der Waals surface area contributed by atoms with E-state index in [2.05, 4.69) is 0 Å². The highest BCUT2D eigenvalue weighted by molar-refractivity contribution is 5.90. The highest BCUT2D eigenvalue weighted by Gasteiger charge is 2.17. The van der Waals surface area contributed by atoms with Crippen molar-refractivity contribution in [2.45, 2.75) is 20.5 Å². The molecule has 0 bridgehead atoms. The van der Waals surface area contributed by atoms with Crippen LogP contribution in [0.2, 0.25) is 0 Å². The van der Waals surface area contributed by atoms with Gasteiger partial charge in [0.15, 0.2) is 11.5 Å². The number of carbonyl (C=O) groups excluding carboxylic acids is 1. The summed E-state index contributed by atoms with van der Waals surface area (Å²) in [6.45, 7) is 4.03. The normalized spacial score (nSPS) is 12.4. The fraction of sp³-hybridized carbons (Fsp3) is 0.200. The summed E-state index contributed by atoms with van der Waals surface area (Å²) in [6.07, 6.45) is 0. The van der Waals surface area contributed by atoms with E-state index in [-0.39, 0.29) is 13.4 Å². The highest BCUT2D eigenvalue weighted by Crippen LogP contribution is 2.32. The van der Waals surface area contributed by atoms with Gasteiger partial charge in [0, 0.05) is 17.0 Å². The third kappa shape index (κ3) is 2.90. The highest BCUT2D eigenvalue weighted by atomic mass is 16.7. The van der Waals surface area contributed by atoms with Crippen molar-refractivity contribution in [3.05, 3.63) is 69.1 Å². The second-order valence-corrected chi connectivity index (χ2v) is 6.17. The fourth-order valence-electron chi connectivity index (χ4n) is 2.85. The van der Waals surface area contributed by atoms with Crippen LogP contribution in [0, 0.1) is 13.8 Å². The van der Waals surface area contributed by atoms with Crippen molar-refractivity contribution in [1.29, 1.82) is 0 Å². The van der Waals surface area contributed by atoms with Crippen molar-refractivity contribution >= 4 is 16.9 Å². The van der Waals surface area contributed by atoms with Crippen LogP contribution in [0.3, 0.4) is 0 Å². The monoisotopic (exact) mass is 352 g/mol. The van der Waals surface area contributed by atoms with Gasteiger partial charge < -0.3 is 18.6 Å². The maximum Gasteiger partial charge on any atom is 0.338 e. The van der Waals surface area contributed by atoms with Crippen molar-refractivity contribution in [1.82, 2.24) is 0 Å². The molecule has 0 saturated heterocycles. The summed E-state index contributed by atoms with van der Waals surface area (Å²) in [7, 11) is 0.